The molecule has 0 aromatic heterocycles. The van der Waals surface area contributed by atoms with E-state index in [0.29, 0.717) is 0 Å². The van der Waals surface area contributed by atoms with Crippen LogP contribution < -0.4 is 9.80 Å². The maximum Gasteiger partial charge on any atom is 0.177 e. The number of likely N-dealkylation sites (N-methyl/N-ethyl adjacent to an activating group) is 2. The molecular formula is C16H22N4. The van der Waals surface area contributed by atoms with E-state index in [9.17, 15) is 0 Å². The molecule has 2 saturated heterocycles. The molecule has 4 nitrogen and oxygen atoms in total. The fourth-order valence-electron chi connectivity index (χ4n) is 2.87. The van der Waals surface area contributed by atoms with Gasteiger partial charge in [-0.1, -0.05) is 6.07 Å². The van der Waals surface area contributed by atoms with Crippen LogP contribution in [0.15, 0.2) is 12.1 Å². The Morgan fingerprint density at radius 3 is 1.55 bits per heavy atom. The SMILES string of the molecule is Cc1cc(C)c(N2[C]N(C)CC2)cc1N1[C]N(C)CC1. The van der Waals surface area contributed by atoms with Crippen LogP contribution in [0, 0.1) is 27.2 Å². The first-order valence-electron chi connectivity index (χ1n) is 7.16. The zero-order valence-electron chi connectivity index (χ0n) is 12.8. The van der Waals surface area contributed by atoms with E-state index in [0.717, 1.165) is 26.2 Å². The van der Waals surface area contributed by atoms with Crippen molar-refractivity contribution in [1.82, 2.24) is 9.80 Å². The van der Waals surface area contributed by atoms with Crippen molar-refractivity contribution < 1.29 is 0 Å². The molecule has 0 aliphatic carbocycles. The van der Waals surface area contributed by atoms with Crippen molar-refractivity contribution in [3.63, 3.8) is 0 Å². The molecule has 1 aromatic carbocycles. The fraction of sp³-hybridized carbons (Fsp3) is 0.500. The number of nitrogens with zero attached hydrogens (tertiary/aromatic N) is 4. The number of anilines is 2. The van der Waals surface area contributed by atoms with Crippen molar-refractivity contribution in [3.8, 4) is 0 Å². The number of rotatable bonds is 2. The highest BCUT2D eigenvalue weighted by Gasteiger charge is 2.24. The summed E-state index contributed by atoms with van der Waals surface area (Å²) in [5.41, 5.74) is 5.13. The van der Waals surface area contributed by atoms with Crippen molar-refractivity contribution in [2.24, 2.45) is 0 Å². The lowest BCUT2D eigenvalue weighted by Crippen LogP contribution is -2.21. The second-order valence-electron chi connectivity index (χ2n) is 5.77. The monoisotopic (exact) mass is 270 g/mol. The van der Waals surface area contributed by atoms with Crippen LogP contribution in [-0.2, 0) is 0 Å². The molecule has 2 heterocycles. The zero-order valence-corrected chi connectivity index (χ0v) is 12.8. The lowest BCUT2D eigenvalue weighted by molar-refractivity contribution is 0.479. The van der Waals surface area contributed by atoms with E-state index >= 15 is 0 Å². The minimum absolute atomic E-state index is 1.01. The second-order valence-corrected chi connectivity index (χ2v) is 5.77. The third kappa shape index (κ3) is 2.50. The molecule has 0 atom stereocenters. The number of hydrogen-bond donors (Lipinski definition) is 0. The first-order valence-corrected chi connectivity index (χ1v) is 7.16. The van der Waals surface area contributed by atoms with Gasteiger partial charge in [0, 0.05) is 37.6 Å². The van der Waals surface area contributed by atoms with Crippen LogP contribution in [0.1, 0.15) is 11.1 Å². The predicted octanol–water partition coefficient (Wildman–Crippen LogP) is 1.80. The molecule has 0 spiro atoms. The molecule has 1 aromatic rings. The molecule has 0 saturated carbocycles. The average molecular weight is 270 g/mol. The number of benzene rings is 1. The van der Waals surface area contributed by atoms with Crippen LogP contribution in [0.5, 0.6) is 0 Å². The Morgan fingerprint density at radius 2 is 1.20 bits per heavy atom. The van der Waals surface area contributed by atoms with Crippen molar-refractivity contribution >= 4 is 11.4 Å². The van der Waals surface area contributed by atoms with Gasteiger partial charge >= 0.3 is 0 Å². The van der Waals surface area contributed by atoms with Crippen LogP contribution in [0.2, 0.25) is 0 Å². The summed E-state index contributed by atoms with van der Waals surface area (Å²) >= 11 is 0. The first-order chi connectivity index (χ1) is 9.54. The Kier molecular flexibility index (Phi) is 3.61. The smallest absolute Gasteiger partial charge is 0.177 e. The van der Waals surface area contributed by atoms with Crippen LogP contribution in [0.25, 0.3) is 0 Å². The van der Waals surface area contributed by atoms with Gasteiger partial charge in [-0.3, -0.25) is 9.80 Å². The van der Waals surface area contributed by atoms with Crippen LogP contribution in [0.4, 0.5) is 11.4 Å². The van der Waals surface area contributed by atoms with Crippen LogP contribution in [0.3, 0.4) is 0 Å². The first kappa shape index (κ1) is 13.7. The van der Waals surface area contributed by atoms with E-state index in [1.165, 1.54) is 22.5 Å². The molecule has 106 valence electrons. The summed E-state index contributed by atoms with van der Waals surface area (Å²) in [7, 11) is 4.14. The van der Waals surface area contributed by atoms with Gasteiger partial charge in [0.05, 0.1) is 0 Å². The molecule has 0 N–H and O–H groups in total. The molecule has 4 radical (unpaired) electrons. The fourth-order valence-corrected chi connectivity index (χ4v) is 2.87. The van der Waals surface area contributed by atoms with Crippen molar-refractivity contribution in [2.75, 3.05) is 50.1 Å². The summed E-state index contributed by atoms with van der Waals surface area (Å²) in [4.78, 5) is 8.66. The Hall–Kier alpha value is -1.26. The highest BCUT2D eigenvalue weighted by molar-refractivity contribution is 5.68. The predicted molar refractivity (Wildman–Crippen MR) is 82.4 cm³/mol. The highest BCUT2D eigenvalue weighted by atomic mass is 15.4. The Bertz CT molecular complexity index is 458. The Labute approximate surface area is 122 Å². The molecule has 0 bridgehead atoms. The molecule has 0 amide bonds. The average Bonchev–Trinajstić information content (AvgIpc) is 2.99. The largest absolute Gasteiger partial charge is 0.345 e. The standard InChI is InChI=1S/C16H22N4/c1-13-9-14(2)16(20-8-6-18(4)12-20)10-15(13)19-7-5-17(3)11-19/h9-10H,5-8H2,1-4H3. The molecule has 2 aliphatic heterocycles. The van der Waals surface area contributed by atoms with Crippen molar-refractivity contribution in [1.29, 1.82) is 0 Å². The van der Waals surface area contributed by atoms with Gasteiger partial charge in [0.2, 0.25) is 0 Å². The normalized spacial score (nSPS) is 21.2. The van der Waals surface area contributed by atoms with E-state index < -0.39 is 0 Å². The highest BCUT2D eigenvalue weighted by Crippen LogP contribution is 2.33. The quantitative estimate of drug-likeness (QED) is 0.812. The molecule has 2 fully saturated rings. The van der Waals surface area contributed by atoms with E-state index in [2.05, 4.69) is 73.0 Å². The van der Waals surface area contributed by atoms with Gasteiger partial charge in [0.15, 0.2) is 13.3 Å². The third-order valence-corrected chi connectivity index (χ3v) is 4.00. The Morgan fingerprint density at radius 1 is 0.750 bits per heavy atom. The summed E-state index contributed by atoms with van der Waals surface area (Å²) in [6, 6.07) is 4.55. The number of hydrogen-bond acceptors (Lipinski definition) is 4. The van der Waals surface area contributed by atoms with Gasteiger partial charge in [-0.15, -0.1) is 0 Å². The van der Waals surface area contributed by atoms with Crippen molar-refractivity contribution in [3.05, 3.63) is 36.6 Å². The van der Waals surface area contributed by atoms with Gasteiger partial charge in [0.25, 0.3) is 0 Å². The van der Waals surface area contributed by atoms with Crippen molar-refractivity contribution in [2.45, 2.75) is 13.8 Å². The maximum absolute atomic E-state index is 3.37. The molecular weight excluding hydrogens is 248 g/mol. The van der Waals surface area contributed by atoms with Gasteiger partial charge in [-0.2, -0.15) is 0 Å². The summed E-state index contributed by atoms with van der Waals surface area (Å²) in [5, 5.41) is 0. The van der Waals surface area contributed by atoms with Crippen LogP contribution in [-0.4, -0.2) is 50.1 Å². The number of aryl methyl sites for hydroxylation is 2. The van der Waals surface area contributed by atoms with Gasteiger partial charge < -0.3 is 9.80 Å². The maximum atomic E-state index is 3.37. The summed E-state index contributed by atoms with van der Waals surface area (Å²) in [6.45, 7) is 15.2. The van der Waals surface area contributed by atoms with Gasteiger partial charge in [-0.25, -0.2) is 0 Å². The third-order valence-electron chi connectivity index (χ3n) is 4.00. The molecule has 2 aliphatic rings. The van der Waals surface area contributed by atoms with Crippen LogP contribution >= 0.6 is 0 Å². The molecule has 0 unspecified atom stereocenters. The van der Waals surface area contributed by atoms with E-state index in [4.69, 9.17) is 0 Å². The minimum Gasteiger partial charge on any atom is -0.345 e. The molecule has 3 rings (SSSR count). The summed E-state index contributed by atoms with van der Waals surface area (Å²) < 4.78 is 0. The molecule has 20 heavy (non-hydrogen) atoms. The lowest BCUT2D eigenvalue weighted by Gasteiger charge is -2.25. The lowest BCUT2D eigenvalue weighted by atomic mass is 10.1. The van der Waals surface area contributed by atoms with Gasteiger partial charge in [0.1, 0.15) is 0 Å². The summed E-state index contributed by atoms with van der Waals surface area (Å²) in [5.74, 6) is 0. The second kappa shape index (κ2) is 5.26. The zero-order chi connectivity index (χ0) is 14.3. The minimum atomic E-state index is 1.01. The van der Waals surface area contributed by atoms with E-state index in [1.54, 1.807) is 0 Å². The molecule has 4 heteroatoms. The van der Waals surface area contributed by atoms with E-state index in [1.807, 2.05) is 0 Å². The summed E-state index contributed by atoms with van der Waals surface area (Å²) in [6.07, 6.45) is 0. The van der Waals surface area contributed by atoms with Gasteiger partial charge in [-0.05, 0) is 45.1 Å². The Balaban J connectivity index is 1.91. The topological polar surface area (TPSA) is 13.0 Å². The van der Waals surface area contributed by atoms with E-state index in [-0.39, 0.29) is 0 Å².